The number of amides is 1. The molecule has 0 radical (unpaired) electrons. The lowest BCUT2D eigenvalue weighted by atomic mass is 9.96. The monoisotopic (exact) mass is 526 g/mol. The number of methoxy groups -OCH3 is 1. The van der Waals surface area contributed by atoms with Gasteiger partial charge in [0.15, 0.2) is 10.9 Å². The first-order chi connectivity index (χ1) is 15.5. The summed E-state index contributed by atoms with van der Waals surface area (Å²) >= 11 is 5.99. The summed E-state index contributed by atoms with van der Waals surface area (Å²) < 4.78 is 6.99. The number of fused-ring (bicyclic) bond motifs is 1. The highest BCUT2D eigenvalue weighted by Crippen LogP contribution is 2.44. The molecule has 1 aliphatic heterocycles. The van der Waals surface area contributed by atoms with Crippen LogP contribution in [0.25, 0.3) is 10.2 Å². The Labute approximate surface area is 199 Å². The Morgan fingerprint density at radius 2 is 1.97 bits per heavy atom. The Morgan fingerprint density at radius 1 is 1.19 bits per heavy atom. The topological polar surface area (TPSA) is 79.7 Å². The molecule has 2 aromatic heterocycles. The third kappa shape index (κ3) is 3.42. The number of halogens is 1. The summed E-state index contributed by atoms with van der Waals surface area (Å²) in [6, 6.07) is 15.4. The molecule has 4 aromatic rings. The standard InChI is InChI=1S/C23H15BrN2O4S2/c1-30-14-8-9-15-17(11-14)32-23(25-15)26-19(12-4-6-13(24)7-5-12)18(21(28)22(26)29)20(27)16-3-2-10-31-16/h2-11,19,28H,1H3. The van der Waals surface area contributed by atoms with Crippen LogP contribution in [0, 0.1) is 0 Å². The van der Waals surface area contributed by atoms with E-state index in [-0.39, 0.29) is 11.4 Å². The number of ether oxygens (including phenoxy) is 1. The van der Waals surface area contributed by atoms with Crippen LogP contribution in [0.3, 0.4) is 0 Å². The third-order valence-electron chi connectivity index (χ3n) is 5.17. The number of thiazole rings is 1. The summed E-state index contributed by atoms with van der Waals surface area (Å²) in [5, 5.41) is 13.0. The Bertz CT molecular complexity index is 1380. The summed E-state index contributed by atoms with van der Waals surface area (Å²) in [5.41, 5.74) is 1.45. The number of thiophene rings is 1. The van der Waals surface area contributed by atoms with Gasteiger partial charge in [0, 0.05) is 4.47 Å². The normalized spacial score (nSPS) is 16.2. The van der Waals surface area contributed by atoms with Crippen molar-refractivity contribution in [1.29, 1.82) is 0 Å². The van der Waals surface area contributed by atoms with Gasteiger partial charge in [-0.25, -0.2) is 4.98 Å². The maximum absolute atomic E-state index is 13.3. The van der Waals surface area contributed by atoms with E-state index in [0.29, 0.717) is 26.8 Å². The lowest BCUT2D eigenvalue weighted by molar-refractivity contribution is -0.117. The Hall–Kier alpha value is -3.01. The number of nitrogens with zero attached hydrogens (tertiary/aromatic N) is 2. The fourth-order valence-corrected chi connectivity index (χ4v) is 5.62. The minimum atomic E-state index is -0.798. The van der Waals surface area contributed by atoms with E-state index in [2.05, 4.69) is 20.9 Å². The molecule has 6 nitrogen and oxygen atoms in total. The highest BCUT2D eigenvalue weighted by Gasteiger charge is 2.46. The molecule has 5 rings (SSSR count). The number of aliphatic hydroxyl groups excluding tert-OH is 1. The molecule has 1 N–H and O–H groups in total. The van der Waals surface area contributed by atoms with Crippen molar-refractivity contribution in [2.45, 2.75) is 6.04 Å². The number of carbonyl (C=O) groups is 2. The van der Waals surface area contributed by atoms with Crippen LogP contribution in [-0.2, 0) is 4.79 Å². The van der Waals surface area contributed by atoms with Crippen LogP contribution < -0.4 is 9.64 Å². The number of hydrogen-bond acceptors (Lipinski definition) is 7. The maximum atomic E-state index is 13.3. The maximum Gasteiger partial charge on any atom is 0.296 e. The molecule has 0 aliphatic carbocycles. The Morgan fingerprint density at radius 3 is 2.66 bits per heavy atom. The van der Waals surface area contributed by atoms with Gasteiger partial charge in [0.05, 0.1) is 33.8 Å². The second-order valence-corrected chi connectivity index (χ2v) is 9.90. The quantitative estimate of drug-likeness (QED) is 0.327. The lowest BCUT2D eigenvalue weighted by Crippen LogP contribution is -2.30. The average Bonchev–Trinajstić information content (AvgIpc) is 3.52. The van der Waals surface area contributed by atoms with Crippen molar-refractivity contribution in [3.05, 3.63) is 86.2 Å². The van der Waals surface area contributed by atoms with Gasteiger partial charge >= 0.3 is 0 Å². The number of Topliss-reactive ketones (excluding diaryl/α,β-unsaturated/α-hetero) is 1. The van der Waals surface area contributed by atoms with Gasteiger partial charge in [-0.05, 0) is 47.3 Å². The first-order valence-corrected chi connectivity index (χ1v) is 12.0. The van der Waals surface area contributed by atoms with E-state index in [1.165, 1.54) is 27.6 Å². The van der Waals surface area contributed by atoms with Crippen molar-refractivity contribution in [1.82, 2.24) is 4.98 Å². The van der Waals surface area contributed by atoms with Crippen LogP contribution in [-0.4, -0.2) is 28.9 Å². The summed E-state index contributed by atoms with van der Waals surface area (Å²) in [4.78, 5) is 33.0. The van der Waals surface area contributed by atoms with E-state index in [1.54, 1.807) is 30.7 Å². The molecular weight excluding hydrogens is 512 g/mol. The van der Waals surface area contributed by atoms with Gasteiger partial charge in [0.1, 0.15) is 5.75 Å². The molecular formula is C23H15BrN2O4S2. The molecule has 1 atom stereocenters. The number of ketones is 1. The molecule has 3 heterocycles. The van der Waals surface area contributed by atoms with Gasteiger partial charge in [-0.3, -0.25) is 14.5 Å². The first kappa shape index (κ1) is 20.9. The predicted molar refractivity (Wildman–Crippen MR) is 129 cm³/mol. The van der Waals surface area contributed by atoms with E-state index in [4.69, 9.17) is 4.74 Å². The molecule has 32 heavy (non-hydrogen) atoms. The molecule has 0 spiro atoms. The first-order valence-electron chi connectivity index (χ1n) is 9.53. The second-order valence-electron chi connectivity index (χ2n) is 7.03. The smallest absolute Gasteiger partial charge is 0.296 e. The number of benzene rings is 2. The minimum Gasteiger partial charge on any atom is -0.503 e. The number of anilines is 1. The van der Waals surface area contributed by atoms with Crippen LogP contribution >= 0.6 is 38.6 Å². The highest BCUT2D eigenvalue weighted by molar-refractivity contribution is 9.10. The Balaban J connectivity index is 1.67. The molecule has 0 saturated heterocycles. The molecule has 2 aromatic carbocycles. The molecule has 1 aliphatic rings. The number of rotatable bonds is 5. The summed E-state index contributed by atoms with van der Waals surface area (Å²) in [5.74, 6) is -0.888. The van der Waals surface area contributed by atoms with E-state index in [0.717, 1.165) is 9.17 Å². The average molecular weight is 527 g/mol. The third-order valence-corrected chi connectivity index (χ3v) is 7.59. The van der Waals surface area contributed by atoms with Crippen LogP contribution in [0.1, 0.15) is 21.3 Å². The van der Waals surface area contributed by atoms with Crippen molar-refractivity contribution >= 4 is 65.6 Å². The van der Waals surface area contributed by atoms with Crippen LogP contribution in [0.15, 0.2) is 75.8 Å². The molecule has 0 bridgehead atoms. The molecule has 0 fully saturated rings. The van der Waals surface area contributed by atoms with Gasteiger partial charge in [-0.15, -0.1) is 11.3 Å². The number of carbonyl (C=O) groups excluding carboxylic acids is 2. The summed E-state index contributed by atoms with van der Waals surface area (Å²) in [7, 11) is 1.58. The van der Waals surface area contributed by atoms with E-state index in [9.17, 15) is 14.7 Å². The van der Waals surface area contributed by atoms with Crippen LogP contribution in [0.2, 0.25) is 0 Å². The Kier molecular flexibility index (Phi) is 5.32. The van der Waals surface area contributed by atoms with Crippen molar-refractivity contribution in [3.63, 3.8) is 0 Å². The van der Waals surface area contributed by atoms with Crippen LogP contribution in [0.4, 0.5) is 5.13 Å². The van der Waals surface area contributed by atoms with E-state index < -0.39 is 17.7 Å². The highest BCUT2D eigenvalue weighted by atomic mass is 79.9. The molecule has 0 saturated carbocycles. The molecule has 160 valence electrons. The van der Waals surface area contributed by atoms with Gasteiger partial charge in [-0.1, -0.05) is 45.5 Å². The largest absolute Gasteiger partial charge is 0.503 e. The lowest BCUT2D eigenvalue weighted by Gasteiger charge is -2.24. The number of hydrogen-bond donors (Lipinski definition) is 1. The zero-order valence-corrected chi connectivity index (χ0v) is 19.8. The molecule has 9 heteroatoms. The number of aromatic nitrogens is 1. The summed E-state index contributed by atoms with van der Waals surface area (Å²) in [6.45, 7) is 0. The van der Waals surface area contributed by atoms with Crippen molar-refractivity contribution in [2.24, 2.45) is 0 Å². The SMILES string of the molecule is COc1ccc2nc(N3C(=O)C(O)=C(C(=O)c4cccs4)C3c3ccc(Br)cc3)sc2c1. The minimum absolute atomic E-state index is 0.0524. The van der Waals surface area contributed by atoms with Gasteiger partial charge in [0.25, 0.3) is 5.91 Å². The van der Waals surface area contributed by atoms with Gasteiger partial charge in [-0.2, -0.15) is 0 Å². The van der Waals surface area contributed by atoms with Crippen molar-refractivity contribution in [3.8, 4) is 5.75 Å². The molecule has 1 unspecified atom stereocenters. The van der Waals surface area contributed by atoms with Gasteiger partial charge in [0.2, 0.25) is 5.78 Å². The fraction of sp³-hybridized carbons (Fsp3) is 0.0870. The fourth-order valence-electron chi connectivity index (χ4n) is 3.66. The van der Waals surface area contributed by atoms with Crippen LogP contribution in [0.5, 0.6) is 5.75 Å². The zero-order valence-electron chi connectivity index (χ0n) is 16.6. The second kappa shape index (κ2) is 8.16. The van der Waals surface area contributed by atoms with Gasteiger partial charge < -0.3 is 9.84 Å². The predicted octanol–water partition coefficient (Wildman–Crippen LogP) is 5.91. The van der Waals surface area contributed by atoms with E-state index >= 15 is 0 Å². The zero-order chi connectivity index (χ0) is 22.4. The van der Waals surface area contributed by atoms with E-state index in [1.807, 2.05) is 36.4 Å². The van der Waals surface area contributed by atoms with Crippen molar-refractivity contribution in [2.75, 3.05) is 12.0 Å². The number of aliphatic hydroxyl groups is 1. The van der Waals surface area contributed by atoms with Crippen molar-refractivity contribution < 1.29 is 19.4 Å². The molecule has 1 amide bonds. The summed E-state index contributed by atoms with van der Waals surface area (Å²) in [6.07, 6.45) is 0.